The molecule has 1 aromatic carbocycles. The lowest BCUT2D eigenvalue weighted by molar-refractivity contribution is -0.137. The summed E-state index contributed by atoms with van der Waals surface area (Å²) in [6.45, 7) is 5.65. The Labute approximate surface area is 143 Å². The highest BCUT2D eigenvalue weighted by molar-refractivity contribution is 7.87. The van der Waals surface area contributed by atoms with E-state index in [0.29, 0.717) is 12.5 Å². The van der Waals surface area contributed by atoms with Crippen LogP contribution in [0.4, 0.5) is 0 Å². The van der Waals surface area contributed by atoms with E-state index >= 15 is 0 Å². The quantitative estimate of drug-likeness (QED) is 0.844. The number of nitrogens with one attached hydrogen (secondary N) is 2. The lowest BCUT2D eigenvalue weighted by Crippen LogP contribution is -2.54. The van der Waals surface area contributed by atoms with E-state index in [4.69, 9.17) is 0 Å². The molecular formula is C17H25N3O3S. The summed E-state index contributed by atoms with van der Waals surface area (Å²) in [6, 6.07) is 7.43. The van der Waals surface area contributed by atoms with Gasteiger partial charge < -0.3 is 4.90 Å². The molecule has 24 heavy (non-hydrogen) atoms. The molecule has 1 aliphatic carbocycles. The van der Waals surface area contributed by atoms with Crippen molar-refractivity contribution in [3.05, 3.63) is 35.4 Å². The number of hydrogen-bond acceptors (Lipinski definition) is 3. The van der Waals surface area contributed by atoms with Gasteiger partial charge in [-0.05, 0) is 50.7 Å². The van der Waals surface area contributed by atoms with E-state index in [2.05, 4.69) is 21.6 Å². The highest BCUT2D eigenvalue weighted by Gasteiger charge is 2.42. The molecular weight excluding hydrogens is 326 g/mol. The Hall–Kier alpha value is -1.44. The van der Waals surface area contributed by atoms with Gasteiger partial charge in [-0.25, -0.2) is 0 Å². The van der Waals surface area contributed by atoms with Crippen LogP contribution in [0.5, 0.6) is 0 Å². The smallest absolute Gasteiger partial charge is 0.277 e. The summed E-state index contributed by atoms with van der Waals surface area (Å²) in [7, 11) is -3.69. The second-order valence-corrected chi connectivity index (χ2v) is 8.58. The Morgan fingerprint density at radius 2 is 1.83 bits per heavy atom. The van der Waals surface area contributed by atoms with Gasteiger partial charge in [0.05, 0.1) is 6.04 Å². The molecule has 4 rings (SSSR count). The predicted octanol–water partition coefficient (Wildman–Crippen LogP) is 1.50. The van der Waals surface area contributed by atoms with Crippen molar-refractivity contribution in [3.8, 4) is 0 Å². The van der Waals surface area contributed by atoms with E-state index in [1.54, 1.807) is 20.8 Å². The molecule has 6 nitrogen and oxygen atoms in total. The van der Waals surface area contributed by atoms with Crippen LogP contribution < -0.4 is 9.44 Å². The minimum absolute atomic E-state index is 0.163. The maximum Gasteiger partial charge on any atom is 0.277 e. The summed E-state index contributed by atoms with van der Waals surface area (Å²) in [5, 5.41) is 0. The molecule has 2 N–H and O–H groups in total. The molecule has 0 saturated heterocycles. The van der Waals surface area contributed by atoms with E-state index in [1.165, 1.54) is 11.1 Å². The summed E-state index contributed by atoms with van der Waals surface area (Å²) < 4.78 is 28.9. The van der Waals surface area contributed by atoms with E-state index < -0.39 is 16.3 Å². The Balaban J connectivity index is 1.73. The van der Waals surface area contributed by atoms with E-state index in [-0.39, 0.29) is 18.0 Å². The summed E-state index contributed by atoms with van der Waals surface area (Å²) in [5.74, 6) is 0.364. The predicted molar refractivity (Wildman–Crippen MR) is 92.5 cm³/mol. The average molecular weight is 351 g/mol. The largest absolute Gasteiger partial charge is 0.334 e. The van der Waals surface area contributed by atoms with Gasteiger partial charge in [0.15, 0.2) is 0 Å². The third-order valence-electron chi connectivity index (χ3n) is 4.77. The first-order valence-corrected chi connectivity index (χ1v) is 9.93. The maximum atomic E-state index is 12.8. The number of hydrogen-bond donors (Lipinski definition) is 2. The van der Waals surface area contributed by atoms with Gasteiger partial charge in [0.25, 0.3) is 10.2 Å². The Morgan fingerprint density at radius 3 is 2.50 bits per heavy atom. The molecule has 0 spiro atoms. The molecule has 3 aliphatic rings. The van der Waals surface area contributed by atoms with E-state index in [1.807, 2.05) is 17.0 Å². The van der Waals surface area contributed by atoms with Crippen LogP contribution in [0, 0.1) is 0 Å². The Kier molecular flexibility index (Phi) is 4.68. The van der Waals surface area contributed by atoms with Crippen molar-refractivity contribution in [1.82, 2.24) is 14.3 Å². The first kappa shape index (κ1) is 17.4. The lowest BCUT2D eigenvalue weighted by atomic mass is 9.76. The molecule has 1 saturated carbocycles. The van der Waals surface area contributed by atoms with Crippen molar-refractivity contribution >= 4 is 16.1 Å². The van der Waals surface area contributed by atoms with Gasteiger partial charge in [0, 0.05) is 18.6 Å². The normalized spacial score (nSPS) is 24.1. The summed E-state index contributed by atoms with van der Waals surface area (Å²) in [4.78, 5) is 14.7. The van der Waals surface area contributed by atoms with Crippen molar-refractivity contribution in [1.29, 1.82) is 0 Å². The zero-order valence-corrected chi connectivity index (χ0v) is 15.1. The summed E-state index contributed by atoms with van der Waals surface area (Å²) >= 11 is 0. The molecule has 1 atom stereocenters. The van der Waals surface area contributed by atoms with Crippen LogP contribution in [0.15, 0.2) is 24.3 Å². The molecule has 0 radical (unpaired) electrons. The Bertz CT molecular complexity index is 726. The number of rotatable bonds is 5. The standard InChI is InChI=1S/C17H25N3O3S/c1-11(2)18-24(22,23)19-12(3)17(21)20-10-13-6-4-5-7-16(13)14-8-15(20)9-14/h4-7,11-12,14-15,18-19H,8-10H2,1-3H3. The van der Waals surface area contributed by atoms with Crippen LogP contribution in [-0.4, -0.2) is 37.4 Å². The molecule has 1 amide bonds. The van der Waals surface area contributed by atoms with E-state index in [9.17, 15) is 13.2 Å². The summed E-state index contributed by atoms with van der Waals surface area (Å²) in [5.41, 5.74) is 2.50. The van der Waals surface area contributed by atoms with Crippen LogP contribution >= 0.6 is 0 Å². The first-order valence-electron chi connectivity index (χ1n) is 8.44. The molecule has 2 aliphatic heterocycles. The fourth-order valence-electron chi connectivity index (χ4n) is 3.62. The molecule has 1 unspecified atom stereocenters. The topological polar surface area (TPSA) is 78.5 Å². The van der Waals surface area contributed by atoms with Crippen LogP contribution in [0.3, 0.4) is 0 Å². The number of fused-ring (bicyclic) bond motifs is 1. The maximum absolute atomic E-state index is 12.8. The van der Waals surface area contributed by atoms with Crippen LogP contribution in [0.25, 0.3) is 0 Å². The highest BCUT2D eigenvalue weighted by atomic mass is 32.2. The van der Waals surface area contributed by atoms with Crippen molar-refractivity contribution in [2.75, 3.05) is 0 Å². The fourth-order valence-corrected chi connectivity index (χ4v) is 4.87. The van der Waals surface area contributed by atoms with Crippen molar-refractivity contribution in [2.24, 2.45) is 0 Å². The SMILES string of the molecule is CC(C)NS(=O)(=O)NC(C)C(=O)N1Cc2ccccc2C2CC1C2. The molecule has 2 bridgehead atoms. The molecule has 1 fully saturated rings. The molecule has 132 valence electrons. The molecule has 0 aromatic heterocycles. The van der Waals surface area contributed by atoms with Gasteiger partial charge in [-0.3, -0.25) is 4.79 Å². The summed E-state index contributed by atoms with van der Waals surface area (Å²) in [6.07, 6.45) is 1.93. The van der Waals surface area contributed by atoms with E-state index in [0.717, 1.165) is 12.8 Å². The molecule has 1 aromatic rings. The number of nitrogens with zero attached hydrogens (tertiary/aromatic N) is 1. The van der Waals surface area contributed by atoms with Gasteiger partial charge in [-0.2, -0.15) is 17.9 Å². The first-order chi connectivity index (χ1) is 11.3. The van der Waals surface area contributed by atoms with Crippen LogP contribution in [0.2, 0.25) is 0 Å². The number of carbonyl (C=O) groups is 1. The van der Waals surface area contributed by atoms with Crippen LogP contribution in [0.1, 0.15) is 50.7 Å². The third-order valence-corrected chi connectivity index (χ3v) is 6.21. The van der Waals surface area contributed by atoms with Gasteiger partial charge in [0.2, 0.25) is 5.91 Å². The molecule has 7 heteroatoms. The zero-order chi connectivity index (χ0) is 17.5. The minimum Gasteiger partial charge on any atom is -0.334 e. The number of carbonyl (C=O) groups excluding carboxylic acids is 1. The highest BCUT2D eigenvalue weighted by Crippen LogP contribution is 2.45. The molecule has 2 heterocycles. The van der Waals surface area contributed by atoms with Crippen molar-refractivity contribution < 1.29 is 13.2 Å². The number of amides is 1. The average Bonchev–Trinajstić information content (AvgIpc) is 2.68. The van der Waals surface area contributed by atoms with Gasteiger partial charge >= 0.3 is 0 Å². The lowest BCUT2D eigenvalue weighted by Gasteiger charge is -2.40. The van der Waals surface area contributed by atoms with Gasteiger partial charge in [0.1, 0.15) is 0 Å². The van der Waals surface area contributed by atoms with Gasteiger partial charge in [-0.1, -0.05) is 24.3 Å². The van der Waals surface area contributed by atoms with Gasteiger partial charge in [-0.15, -0.1) is 0 Å². The minimum atomic E-state index is -3.69. The van der Waals surface area contributed by atoms with Crippen LogP contribution in [-0.2, 0) is 21.5 Å². The van der Waals surface area contributed by atoms with Crippen molar-refractivity contribution in [2.45, 2.75) is 64.2 Å². The second-order valence-electron chi connectivity index (χ2n) is 7.10. The monoisotopic (exact) mass is 351 g/mol. The second kappa shape index (κ2) is 6.46. The third kappa shape index (κ3) is 3.48. The fraction of sp³-hybridized carbons (Fsp3) is 0.588. The van der Waals surface area contributed by atoms with Crippen molar-refractivity contribution in [3.63, 3.8) is 0 Å². The zero-order valence-electron chi connectivity index (χ0n) is 14.3. The Morgan fingerprint density at radius 1 is 1.17 bits per heavy atom. The number of benzene rings is 1.